The van der Waals surface area contributed by atoms with Crippen LogP contribution in [0.4, 0.5) is 0 Å². The van der Waals surface area contributed by atoms with Gasteiger partial charge >= 0.3 is 0 Å². The third-order valence-electron chi connectivity index (χ3n) is 5.15. The normalized spacial score (nSPS) is 14.6. The van der Waals surface area contributed by atoms with E-state index in [2.05, 4.69) is 11.0 Å². The van der Waals surface area contributed by atoms with Gasteiger partial charge in [0.25, 0.3) is 5.91 Å². The highest BCUT2D eigenvalue weighted by Crippen LogP contribution is 2.36. The summed E-state index contributed by atoms with van der Waals surface area (Å²) in [5.41, 5.74) is 1.16. The van der Waals surface area contributed by atoms with Gasteiger partial charge in [0.15, 0.2) is 11.5 Å². The Balaban J connectivity index is 1.30. The molecule has 3 aromatic rings. The molecule has 1 fully saturated rings. The number of piperazine rings is 1. The quantitative estimate of drug-likeness (QED) is 0.381. The number of nitrogens with zero attached hydrogens (tertiary/aromatic N) is 2. The van der Waals surface area contributed by atoms with E-state index in [9.17, 15) is 4.79 Å². The highest BCUT2D eigenvalue weighted by atomic mass is 35.5. The van der Waals surface area contributed by atoms with Gasteiger partial charge in [0.2, 0.25) is 0 Å². The number of furan rings is 1. The largest absolute Gasteiger partial charge is 0.483 e. The first kappa shape index (κ1) is 23.3. The van der Waals surface area contributed by atoms with E-state index < -0.39 is 0 Å². The molecule has 5 nitrogen and oxygen atoms in total. The van der Waals surface area contributed by atoms with E-state index >= 15 is 0 Å². The van der Waals surface area contributed by atoms with E-state index in [4.69, 9.17) is 55.6 Å². The highest BCUT2D eigenvalue weighted by molar-refractivity contribution is 6.40. The molecule has 0 aliphatic carbocycles. The number of halogens is 4. The third kappa shape index (κ3) is 5.72. The van der Waals surface area contributed by atoms with E-state index in [0.29, 0.717) is 39.7 Å². The van der Waals surface area contributed by atoms with Crippen LogP contribution in [0.25, 0.3) is 0 Å². The summed E-state index contributed by atoms with van der Waals surface area (Å²) in [5.74, 6) is 0.953. The predicted molar refractivity (Wildman–Crippen MR) is 127 cm³/mol. The van der Waals surface area contributed by atoms with Gasteiger partial charge in [-0.15, -0.1) is 0 Å². The second-order valence-electron chi connectivity index (χ2n) is 7.45. The van der Waals surface area contributed by atoms with Crippen LogP contribution in [0.5, 0.6) is 5.75 Å². The number of carbonyl (C=O) groups is 1. The molecule has 9 heteroatoms. The summed E-state index contributed by atoms with van der Waals surface area (Å²) >= 11 is 24.2. The molecule has 32 heavy (non-hydrogen) atoms. The summed E-state index contributed by atoms with van der Waals surface area (Å²) in [6.45, 7) is 3.71. The molecule has 0 unspecified atom stereocenters. The van der Waals surface area contributed by atoms with Crippen molar-refractivity contribution >= 4 is 52.3 Å². The van der Waals surface area contributed by atoms with Crippen LogP contribution in [-0.4, -0.2) is 41.9 Å². The molecule has 4 rings (SSSR count). The van der Waals surface area contributed by atoms with Crippen LogP contribution in [0, 0.1) is 0 Å². The third-order valence-corrected chi connectivity index (χ3v) is 6.16. The molecular weight excluding hydrogens is 494 g/mol. The number of benzene rings is 2. The Morgan fingerprint density at radius 2 is 1.62 bits per heavy atom. The van der Waals surface area contributed by atoms with Crippen molar-refractivity contribution in [1.82, 2.24) is 9.80 Å². The van der Waals surface area contributed by atoms with Gasteiger partial charge in [0.05, 0.1) is 10.0 Å². The number of ether oxygens (including phenoxy) is 1. The Kier molecular flexibility index (Phi) is 7.54. The highest BCUT2D eigenvalue weighted by Gasteiger charge is 2.24. The lowest BCUT2D eigenvalue weighted by molar-refractivity contribution is 0.0594. The van der Waals surface area contributed by atoms with Crippen LogP contribution in [0.2, 0.25) is 20.1 Å². The molecule has 0 bridgehead atoms. The average Bonchev–Trinajstić information content (AvgIpc) is 3.22. The number of rotatable bonds is 6. The van der Waals surface area contributed by atoms with Crippen molar-refractivity contribution in [3.63, 3.8) is 0 Å². The fourth-order valence-corrected chi connectivity index (χ4v) is 4.68. The fraction of sp³-hybridized carbons (Fsp3) is 0.261. The first-order valence-corrected chi connectivity index (χ1v) is 11.5. The maximum absolute atomic E-state index is 12.8. The summed E-state index contributed by atoms with van der Waals surface area (Å²) in [4.78, 5) is 16.9. The Labute approximate surface area is 206 Å². The van der Waals surface area contributed by atoms with Crippen molar-refractivity contribution in [1.29, 1.82) is 0 Å². The molecular formula is C23H20Cl4N2O3. The maximum atomic E-state index is 12.8. The lowest BCUT2D eigenvalue weighted by Gasteiger charge is -2.34. The maximum Gasteiger partial charge on any atom is 0.289 e. The van der Waals surface area contributed by atoms with Gasteiger partial charge in [-0.3, -0.25) is 9.69 Å². The summed E-state index contributed by atoms with van der Waals surface area (Å²) in [6.07, 6.45) is 0. The number of carbonyl (C=O) groups excluding carboxylic acids is 1. The molecule has 0 atom stereocenters. The predicted octanol–water partition coefficient (Wildman–Crippen LogP) is 6.43. The molecule has 2 heterocycles. The van der Waals surface area contributed by atoms with Gasteiger partial charge in [-0.1, -0.05) is 58.5 Å². The Bertz CT molecular complexity index is 1090. The molecule has 0 spiro atoms. The number of amides is 1. The van der Waals surface area contributed by atoms with Gasteiger partial charge < -0.3 is 14.1 Å². The molecule has 1 aliphatic heterocycles. The molecule has 1 amide bonds. The topological polar surface area (TPSA) is 45.9 Å². The molecule has 0 N–H and O–H groups in total. The molecule has 0 radical (unpaired) electrons. The van der Waals surface area contributed by atoms with Gasteiger partial charge in [-0.05, 0) is 42.0 Å². The Hall–Kier alpha value is -1.89. The summed E-state index contributed by atoms with van der Waals surface area (Å²) < 4.78 is 11.4. The summed E-state index contributed by atoms with van der Waals surface area (Å²) in [5, 5.41) is 1.77. The molecule has 1 aromatic heterocycles. The van der Waals surface area contributed by atoms with Crippen LogP contribution >= 0.6 is 46.4 Å². The van der Waals surface area contributed by atoms with Gasteiger partial charge in [-0.2, -0.15) is 0 Å². The second-order valence-corrected chi connectivity index (χ2v) is 9.14. The Morgan fingerprint density at radius 1 is 0.906 bits per heavy atom. The van der Waals surface area contributed by atoms with Gasteiger partial charge in [0, 0.05) is 42.8 Å². The minimum Gasteiger partial charge on any atom is -0.483 e. The van der Waals surface area contributed by atoms with E-state index in [-0.39, 0.29) is 18.3 Å². The van der Waals surface area contributed by atoms with Crippen LogP contribution in [0.3, 0.4) is 0 Å². The minimum absolute atomic E-state index is 0.0851. The van der Waals surface area contributed by atoms with E-state index in [0.717, 1.165) is 30.2 Å². The molecule has 0 saturated carbocycles. The average molecular weight is 514 g/mol. The van der Waals surface area contributed by atoms with Crippen molar-refractivity contribution in [3.8, 4) is 5.75 Å². The first-order chi connectivity index (χ1) is 15.4. The molecule has 1 saturated heterocycles. The first-order valence-electron chi connectivity index (χ1n) is 10.0. The van der Waals surface area contributed by atoms with Crippen LogP contribution < -0.4 is 4.74 Å². The number of hydrogen-bond donors (Lipinski definition) is 0. The van der Waals surface area contributed by atoms with E-state index in [1.807, 2.05) is 18.2 Å². The fourth-order valence-electron chi connectivity index (χ4n) is 3.54. The lowest BCUT2D eigenvalue weighted by Crippen LogP contribution is -2.48. The van der Waals surface area contributed by atoms with Gasteiger partial charge in [-0.25, -0.2) is 0 Å². The van der Waals surface area contributed by atoms with Crippen molar-refractivity contribution in [2.45, 2.75) is 13.2 Å². The van der Waals surface area contributed by atoms with Crippen LogP contribution in [0.15, 0.2) is 52.9 Å². The zero-order chi connectivity index (χ0) is 22.7. The van der Waals surface area contributed by atoms with Crippen LogP contribution in [0.1, 0.15) is 21.9 Å². The minimum atomic E-state index is -0.138. The molecule has 168 valence electrons. The standard InChI is InChI=1S/C23H20Cl4N2O3/c24-16-3-1-2-15(10-16)13-28-6-8-29(9-7-28)23(30)21-5-4-18(32-21)14-31-22-19(26)11-17(25)12-20(22)27/h1-5,10-12H,6-9,13-14H2. The summed E-state index contributed by atoms with van der Waals surface area (Å²) in [7, 11) is 0. The lowest BCUT2D eigenvalue weighted by atomic mass is 10.2. The SMILES string of the molecule is O=C(c1ccc(COc2c(Cl)cc(Cl)cc2Cl)o1)N1CCN(Cc2cccc(Cl)c2)CC1. The zero-order valence-electron chi connectivity index (χ0n) is 17.0. The van der Waals surface area contributed by atoms with Crippen molar-refractivity contribution in [2.24, 2.45) is 0 Å². The van der Waals surface area contributed by atoms with Crippen molar-refractivity contribution in [2.75, 3.05) is 26.2 Å². The second kappa shape index (κ2) is 10.4. The Morgan fingerprint density at radius 3 is 2.31 bits per heavy atom. The smallest absolute Gasteiger partial charge is 0.289 e. The number of hydrogen-bond acceptors (Lipinski definition) is 4. The van der Waals surface area contributed by atoms with Crippen LogP contribution in [-0.2, 0) is 13.2 Å². The van der Waals surface area contributed by atoms with E-state index in [1.165, 1.54) is 0 Å². The summed E-state index contributed by atoms with van der Waals surface area (Å²) in [6, 6.07) is 14.3. The van der Waals surface area contributed by atoms with Crippen molar-refractivity contribution in [3.05, 3.63) is 85.7 Å². The monoisotopic (exact) mass is 512 g/mol. The van der Waals surface area contributed by atoms with Crippen molar-refractivity contribution < 1.29 is 13.9 Å². The molecule has 2 aromatic carbocycles. The van der Waals surface area contributed by atoms with Gasteiger partial charge in [0.1, 0.15) is 12.4 Å². The molecule has 1 aliphatic rings. The zero-order valence-corrected chi connectivity index (χ0v) is 20.0. The van der Waals surface area contributed by atoms with E-state index in [1.54, 1.807) is 29.2 Å².